The van der Waals surface area contributed by atoms with Crippen molar-refractivity contribution >= 4 is 10.0 Å². The van der Waals surface area contributed by atoms with Gasteiger partial charge in [-0.05, 0) is 72.2 Å². The van der Waals surface area contributed by atoms with Crippen molar-refractivity contribution in [3.8, 4) is 16.9 Å². The summed E-state index contributed by atoms with van der Waals surface area (Å²) in [6.45, 7) is 2.42. The van der Waals surface area contributed by atoms with Crippen LogP contribution in [0.5, 0.6) is 5.75 Å². The van der Waals surface area contributed by atoms with E-state index in [4.69, 9.17) is 20.3 Å². The van der Waals surface area contributed by atoms with E-state index in [9.17, 15) is 13.5 Å². The fourth-order valence-electron chi connectivity index (χ4n) is 5.73. The van der Waals surface area contributed by atoms with E-state index < -0.39 is 16.1 Å². The number of aliphatic hydroxyl groups excluding tert-OH is 2. The van der Waals surface area contributed by atoms with Crippen LogP contribution in [-0.4, -0.2) is 80.1 Å². The number of ether oxygens (including phenoxy) is 2. The molecule has 5 N–H and O–H groups in total. The lowest BCUT2D eigenvalue weighted by Gasteiger charge is -2.38. The van der Waals surface area contributed by atoms with Crippen molar-refractivity contribution < 1.29 is 28.1 Å². The van der Waals surface area contributed by atoms with E-state index in [1.165, 1.54) is 0 Å². The standard InChI is InChI=1S/C32H41N3O6S/c33-20-25-4-6-26(7-5-25)27-8-10-31(11-9-27)42(38,39)35-15-13-32(14-16-35)19-28(22-41-32)34-21-29(37)23-40-30-3-1-2-24(18-30)12-17-36/h1-11,18,28-29,34,36-37H,12-17,19-23,33H2/t28-,29+/m1/s1. The smallest absolute Gasteiger partial charge is 0.243 e. The second kappa shape index (κ2) is 13.6. The quantitative estimate of drug-likeness (QED) is 0.251. The number of piperidine rings is 1. The van der Waals surface area contributed by atoms with Gasteiger partial charge in [0.1, 0.15) is 18.5 Å². The van der Waals surface area contributed by atoms with Gasteiger partial charge in [-0.2, -0.15) is 4.31 Å². The molecule has 0 unspecified atom stereocenters. The number of benzene rings is 3. The van der Waals surface area contributed by atoms with Crippen molar-refractivity contribution in [3.05, 3.63) is 83.9 Å². The Bertz CT molecular complexity index is 1410. The minimum atomic E-state index is -3.60. The molecule has 2 heterocycles. The van der Waals surface area contributed by atoms with Crippen LogP contribution in [0.3, 0.4) is 0 Å². The van der Waals surface area contributed by atoms with Crippen LogP contribution < -0.4 is 15.8 Å². The first-order valence-electron chi connectivity index (χ1n) is 14.6. The van der Waals surface area contributed by atoms with Crippen molar-refractivity contribution in [2.45, 2.75) is 54.9 Å². The van der Waals surface area contributed by atoms with Crippen LogP contribution in [0.1, 0.15) is 30.4 Å². The summed E-state index contributed by atoms with van der Waals surface area (Å²) in [6.07, 6.45) is 1.91. The molecule has 0 aliphatic carbocycles. The first kappa shape index (κ1) is 30.6. The van der Waals surface area contributed by atoms with E-state index in [0.717, 1.165) is 28.7 Å². The Labute approximate surface area is 248 Å². The lowest BCUT2D eigenvalue weighted by Crippen LogP contribution is -2.47. The Morgan fingerprint density at radius 3 is 2.38 bits per heavy atom. The zero-order chi connectivity index (χ0) is 29.6. The van der Waals surface area contributed by atoms with Gasteiger partial charge in [-0.1, -0.05) is 48.5 Å². The van der Waals surface area contributed by atoms with Crippen LogP contribution in [-0.2, 0) is 27.7 Å². The summed E-state index contributed by atoms with van der Waals surface area (Å²) in [5.74, 6) is 0.665. The fraction of sp³-hybridized carbons (Fsp3) is 0.438. The summed E-state index contributed by atoms with van der Waals surface area (Å²) in [5.41, 5.74) is 9.34. The van der Waals surface area contributed by atoms with Gasteiger partial charge in [0.2, 0.25) is 10.0 Å². The molecule has 2 atom stereocenters. The molecule has 0 radical (unpaired) electrons. The zero-order valence-electron chi connectivity index (χ0n) is 23.8. The van der Waals surface area contributed by atoms with Crippen molar-refractivity contribution in [1.82, 2.24) is 9.62 Å². The predicted octanol–water partition coefficient (Wildman–Crippen LogP) is 2.69. The Hall–Kier alpha value is -2.83. The molecule has 0 bridgehead atoms. The monoisotopic (exact) mass is 595 g/mol. The van der Waals surface area contributed by atoms with Crippen LogP contribution in [0, 0.1) is 0 Å². The maximum atomic E-state index is 13.4. The molecule has 2 saturated heterocycles. The van der Waals surface area contributed by atoms with Crippen molar-refractivity contribution in [3.63, 3.8) is 0 Å². The molecule has 0 amide bonds. The Kier molecular flexibility index (Phi) is 9.95. The molecule has 2 aliphatic rings. The maximum Gasteiger partial charge on any atom is 0.243 e. The van der Waals surface area contributed by atoms with Gasteiger partial charge in [-0.25, -0.2) is 8.42 Å². The van der Waals surface area contributed by atoms with Gasteiger partial charge in [0.25, 0.3) is 0 Å². The molecular formula is C32H41N3O6S. The number of nitrogens with two attached hydrogens (primary N) is 1. The van der Waals surface area contributed by atoms with Crippen LogP contribution in [0.15, 0.2) is 77.7 Å². The van der Waals surface area contributed by atoms with E-state index >= 15 is 0 Å². The largest absolute Gasteiger partial charge is 0.491 e. The average Bonchev–Trinajstić information content (AvgIpc) is 3.41. The molecule has 0 aromatic heterocycles. The molecule has 3 aromatic rings. The summed E-state index contributed by atoms with van der Waals surface area (Å²) < 4.78 is 40.3. The third-order valence-corrected chi connectivity index (χ3v) is 10.2. The highest BCUT2D eigenvalue weighted by molar-refractivity contribution is 7.89. The number of rotatable bonds is 12. The van der Waals surface area contributed by atoms with Gasteiger partial charge in [-0.3, -0.25) is 0 Å². The van der Waals surface area contributed by atoms with Crippen LogP contribution in [0.25, 0.3) is 11.1 Å². The maximum absolute atomic E-state index is 13.4. The summed E-state index contributed by atoms with van der Waals surface area (Å²) in [5, 5.41) is 22.9. The topological polar surface area (TPSA) is 134 Å². The van der Waals surface area contributed by atoms with E-state index in [2.05, 4.69) is 5.32 Å². The summed E-state index contributed by atoms with van der Waals surface area (Å²) in [6, 6.07) is 22.6. The number of sulfonamides is 1. The molecule has 9 nitrogen and oxygen atoms in total. The Morgan fingerprint density at radius 1 is 1.02 bits per heavy atom. The molecule has 42 heavy (non-hydrogen) atoms. The van der Waals surface area contributed by atoms with Gasteiger partial charge >= 0.3 is 0 Å². The summed E-state index contributed by atoms with van der Waals surface area (Å²) in [7, 11) is -3.60. The van der Waals surface area contributed by atoms with Gasteiger partial charge in [0.15, 0.2) is 0 Å². The van der Waals surface area contributed by atoms with Gasteiger partial charge in [0, 0.05) is 38.8 Å². The number of nitrogens with one attached hydrogen (secondary N) is 1. The highest BCUT2D eigenvalue weighted by Crippen LogP contribution is 2.37. The summed E-state index contributed by atoms with van der Waals surface area (Å²) in [4.78, 5) is 0.295. The average molecular weight is 596 g/mol. The number of hydrogen-bond donors (Lipinski definition) is 4. The van der Waals surface area contributed by atoms with Crippen molar-refractivity contribution in [2.24, 2.45) is 5.73 Å². The molecule has 1 spiro atoms. The van der Waals surface area contributed by atoms with E-state index in [-0.39, 0.29) is 24.9 Å². The van der Waals surface area contributed by atoms with E-state index in [0.29, 0.717) is 62.7 Å². The number of hydrogen-bond acceptors (Lipinski definition) is 8. The number of nitrogens with zero attached hydrogens (tertiary/aromatic N) is 1. The fourth-order valence-corrected chi connectivity index (χ4v) is 7.17. The van der Waals surface area contributed by atoms with Gasteiger partial charge in [0.05, 0.1) is 17.1 Å². The molecule has 3 aromatic carbocycles. The zero-order valence-corrected chi connectivity index (χ0v) is 24.6. The molecule has 226 valence electrons. The van der Waals surface area contributed by atoms with Gasteiger partial charge in [-0.15, -0.1) is 0 Å². The first-order chi connectivity index (χ1) is 20.3. The third kappa shape index (κ3) is 7.38. The lowest BCUT2D eigenvalue weighted by molar-refractivity contribution is -0.0312. The summed E-state index contributed by atoms with van der Waals surface area (Å²) >= 11 is 0. The minimum Gasteiger partial charge on any atom is -0.491 e. The first-order valence-corrected chi connectivity index (χ1v) is 16.0. The molecule has 10 heteroatoms. The highest BCUT2D eigenvalue weighted by Gasteiger charge is 2.44. The molecule has 2 aliphatic heterocycles. The Balaban J connectivity index is 1.08. The highest BCUT2D eigenvalue weighted by atomic mass is 32.2. The molecular weight excluding hydrogens is 554 g/mol. The van der Waals surface area contributed by atoms with Crippen molar-refractivity contribution in [2.75, 3.05) is 39.5 Å². The molecule has 5 rings (SSSR count). The number of aliphatic hydroxyl groups is 2. The third-order valence-electron chi connectivity index (χ3n) is 8.24. The van der Waals surface area contributed by atoms with Crippen LogP contribution in [0.2, 0.25) is 0 Å². The molecule has 2 fully saturated rings. The lowest BCUT2D eigenvalue weighted by atomic mass is 9.88. The second-order valence-electron chi connectivity index (χ2n) is 11.2. The van der Waals surface area contributed by atoms with Crippen molar-refractivity contribution in [1.29, 1.82) is 0 Å². The second-order valence-corrected chi connectivity index (χ2v) is 13.2. The normalized spacial score (nSPS) is 19.6. The minimum absolute atomic E-state index is 0.0782. The van der Waals surface area contributed by atoms with Gasteiger partial charge < -0.3 is 30.7 Å². The SMILES string of the molecule is NCc1ccc(-c2ccc(S(=O)(=O)N3CCC4(CC3)C[C@@H](NC[C@H](O)COc3cccc(CCO)c3)CO4)cc2)cc1. The van der Waals surface area contributed by atoms with Crippen LogP contribution in [0.4, 0.5) is 0 Å². The molecule has 0 saturated carbocycles. The van der Waals surface area contributed by atoms with E-state index in [1.54, 1.807) is 16.4 Å². The Morgan fingerprint density at radius 2 is 1.71 bits per heavy atom. The van der Waals surface area contributed by atoms with Crippen LogP contribution >= 0.6 is 0 Å². The predicted molar refractivity (Wildman–Crippen MR) is 162 cm³/mol. The van der Waals surface area contributed by atoms with E-state index in [1.807, 2.05) is 60.7 Å².